The molecule has 2 rings (SSSR count). The maximum atomic E-state index is 13.3. The van der Waals surface area contributed by atoms with Crippen molar-refractivity contribution in [3.63, 3.8) is 0 Å². The molecule has 0 heterocycles. The number of unbranched alkanes of at least 4 members (excludes halogenated alkanes) is 2. The second-order valence-electron chi connectivity index (χ2n) is 5.70. The molecular formula is C21H26OSTe. The van der Waals surface area contributed by atoms with Gasteiger partial charge in [-0.1, -0.05) is 0 Å². The van der Waals surface area contributed by atoms with Crippen LogP contribution in [0.1, 0.15) is 46.0 Å². The summed E-state index contributed by atoms with van der Waals surface area (Å²) in [4.78, 5) is 0.940. The third-order valence-electron chi connectivity index (χ3n) is 3.88. The molecule has 0 aliphatic heterocycles. The quantitative estimate of drug-likeness (QED) is 0.384. The molecular weight excluding hydrogens is 428 g/mol. The van der Waals surface area contributed by atoms with Gasteiger partial charge >= 0.3 is 160 Å². The Balaban J connectivity index is 2.34. The van der Waals surface area contributed by atoms with Crippen molar-refractivity contribution in [3.8, 4) is 0 Å². The van der Waals surface area contributed by atoms with Gasteiger partial charge in [0.15, 0.2) is 0 Å². The zero-order chi connectivity index (χ0) is 17.2. The van der Waals surface area contributed by atoms with E-state index in [0.29, 0.717) is 0 Å². The molecule has 1 unspecified atom stereocenters. The normalized spacial score (nSPS) is 13.4. The summed E-state index contributed by atoms with van der Waals surface area (Å²) in [7, 11) is -1.02. The van der Waals surface area contributed by atoms with Crippen LogP contribution in [0.5, 0.6) is 0 Å². The van der Waals surface area contributed by atoms with Gasteiger partial charge in [-0.3, -0.25) is 0 Å². The van der Waals surface area contributed by atoms with E-state index in [0.717, 1.165) is 17.7 Å². The van der Waals surface area contributed by atoms with Crippen molar-refractivity contribution in [1.82, 2.24) is 0 Å². The Kier molecular flexibility index (Phi) is 8.81. The Hall–Kier alpha value is -0.880. The first-order chi connectivity index (χ1) is 11.8. The number of hydrogen-bond acceptors (Lipinski definition) is 1. The maximum absolute atomic E-state index is 13.3. The molecule has 0 N–H and O–H groups in total. The predicted molar refractivity (Wildman–Crippen MR) is 106 cm³/mol. The summed E-state index contributed by atoms with van der Waals surface area (Å²) in [5, 5.41) is 0. The molecule has 0 amide bonds. The van der Waals surface area contributed by atoms with Crippen LogP contribution in [0.15, 0.2) is 74.1 Å². The molecule has 0 radical (unpaired) electrons. The van der Waals surface area contributed by atoms with E-state index in [9.17, 15) is 4.21 Å². The fourth-order valence-corrected chi connectivity index (χ4v) is 8.38. The van der Waals surface area contributed by atoms with Crippen LogP contribution >= 0.6 is 0 Å². The molecule has 1 nitrogen and oxygen atoms in total. The third kappa shape index (κ3) is 5.88. The standard InChI is InChI=1S/C21H26OSTe/c1-3-5-8-13-18(4-2)21(24-20-16-11-7-12-17-20)23(22)19-14-9-6-10-15-19/h6-7,9-12,14-17H,3-5,8,13H2,1-2H3/b21-18+. The minimum atomic E-state index is -1.02. The molecule has 0 aliphatic rings. The second kappa shape index (κ2) is 10.9. The summed E-state index contributed by atoms with van der Waals surface area (Å²) < 4.78 is 15.9. The SMILES string of the molecule is CCCCC/C(CC)=C(/[Te]c1ccccc1)S(=O)c1ccccc1. The van der Waals surface area contributed by atoms with Crippen LogP contribution in [-0.4, -0.2) is 25.1 Å². The number of hydrogen-bond donors (Lipinski definition) is 0. The molecule has 0 spiro atoms. The average Bonchev–Trinajstić information content (AvgIpc) is 2.65. The van der Waals surface area contributed by atoms with Gasteiger partial charge in [-0.05, 0) is 0 Å². The summed E-state index contributed by atoms with van der Waals surface area (Å²) in [5.74, 6) is 0. The average molecular weight is 454 g/mol. The molecule has 0 saturated heterocycles. The fraction of sp³-hybridized carbons (Fsp3) is 0.333. The van der Waals surface area contributed by atoms with Crippen LogP contribution in [0.4, 0.5) is 0 Å². The van der Waals surface area contributed by atoms with Crippen LogP contribution in [0.25, 0.3) is 0 Å². The summed E-state index contributed by atoms with van der Waals surface area (Å²) in [5.41, 5.74) is 1.43. The van der Waals surface area contributed by atoms with Gasteiger partial charge in [0.05, 0.1) is 0 Å². The molecule has 128 valence electrons. The van der Waals surface area contributed by atoms with E-state index < -0.39 is 31.7 Å². The van der Waals surface area contributed by atoms with Crippen molar-refractivity contribution in [2.75, 3.05) is 0 Å². The first-order valence-electron chi connectivity index (χ1n) is 8.68. The van der Waals surface area contributed by atoms with E-state index in [2.05, 4.69) is 44.2 Å². The van der Waals surface area contributed by atoms with Crippen LogP contribution < -0.4 is 3.61 Å². The van der Waals surface area contributed by atoms with Crippen molar-refractivity contribution in [3.05, 3.63) is 69.2 Å². The number of benzene rings is 2. The minimum absolute atomic E-state index is 0.607. The van der Waals surface area contributed by atoms with Crippen molar-refractivity contribution >= 4 is 35.3 Å². The van der Waals surface area contributed by atoms with E-state index in [4.69, 9.17) is 0 Å². The van der Waals surface area contributed by atoms with Crippen LogP contribution in [0.3, 0.4) is 0 Å². The Bertz CT molecular complexity index is 665. The summed E-state index contributed by atoms with van der Waals surface area (Å²) in [6, 6.07) is 20.5. The van der Waals surface area contributed by atoms with Crippen molar-refractivity contribution in [2.45, 2.75) is 50.8 Å². The molecule has 2 aromatic carbocycles. The van der Waals surface area contributed by atoms with Gasteiger partial charge in [-0.25, -0.2) is 0 Å². The van der Waals surface area contributed by atoms with Gasteiger partial charge in [0, 0.05) is 0 Å². The van der Waals surface area contributed by atoms with E-state index in [1.807, 2.05) is 30.3 Å². The van der Waals surface area contributed by atoms with Crippen LogP contribution in [0, 0.1) is 0 Å². The molecule has 24 heavy (non-hydrogen) atoms. The first kappa shape index (κ1) is 19.4. The van der Waals surface area contributed by atoms with Gasteiger partial charge in [-0.2, -0.15) is 0 Å². The van der Waals surface area contributed by atoms with E-state index in [1.165, 1.54) is 31.4 Å². The topological polar surface area (TPSA) is 17.1 Å². The first-order valence-corrected chi connectivity index (χ1v) is 12.2. The van der Waals surface area contributed by atoms with Crippen molar-refractivity contribution in [2.24, 2.45) is 0 Å². The van der Waals surface area contributed by atoms with Gasteiger partial charge in [0.2, 0.25) is 0 Å². The molecule has 0 saturated carbocycles. The number of rotatable bonds is 9. The zero-order valence-corrected chi connectivity index (χ0v) is 17.7. The molecule has 0 fully saturated rings. The third-order valence-corrected chi connectivity index (χ3v) is 9.86. The molecule has 0 aliphatic carbocycles. The van der Waals surface area contributed by atoms with E-state index in [-0.39, 0.29) is 0 Å². The van der Waals surface area contributed by atoms with E-state index in [1.54, 1.807) is 0 Å². The van der Waals surface area contributed by atoms with Crippen molar-refractivity contribution in [1.29, 1.82) is 0 Å². The molecule has 0 bridgehead atoms. The van der Waals surface area contributed by atoms with Gasteiger partial charge < -0.3 is 0 Å². The van der Waals surface area contributed by atoms with Crippen LogP contribution in [-0.2, 0) is 10.8 Å². The Morgan fingerprint density at radius 1 is 0.917 bits per heavy atom. The Morgan fingerprint density at radius 2 is 1.54 bits per heavy atom. The summed E-state index contributed by atoms with van der Waals surface area (Å²) in [6.45, 7) is 4.44. The molecule has 3 heteroatoms. The van der Waals surface area contributed by atoms with Gasteiger partial charge in [0.1, 0.15) is 0 Å². The second-order valence-corrected chi connectivity index (χ2v) is 11.0. The van der Waals surface area contributed by atoms with Crippen molar-refractivity contribution < 1.29 is 4.21 Å². The Morgan fingerprint density at radius 3 is 2.12 bits per heavy atom. The fourth-order valence-electron chi connectivity index (χ4n) is 2.50. The molecule has 2 aromatic rings. The van der Waals surface area contributed by atoms with Gasteiger partial charge in [0.25, 0.3) is 0 Å². The predicted octanol–water partition coefficient (Wildman–Crippen LogP) is 5.03. The molecule has 1 atom stereocenters. The molecule has 0 aromatic heterocycles. The number of allylic oxidation sites excluding steroid dienone is 1. The van der Waals surface area contributed by atoms with Crippen LogP contribution in [0.2, 0.25) is 0 Å². The summed E-state index contributed by atoms with van der Waals surface area (Å²) >= 11 is -0.607. The monoisotopic (exact) mass is 456 g/mol. The summed E-state index contributed by atoms with van der Waals surface area (Å²) in [6.07, 6.45) is 5.78. The zero-order valence-electron chi connectivity index (χ0n) is 14.5. The van der Waals surface area contributed by atoms with E-state index >= 15 is 0 Å². The Labute approximate surface area is 159 Å². The van der Waals surface area contributed by atoms with Gasteiger partial charge in [-0.15, -0.1) is 0 Å².